The largest absolute Gasteiger partial charge is 0.268 e. The molecule has 7 heteroatoms. The highest BCUT2D eigenvalue weighted by Crippen LogP contribution is 2.42. The first-order chi connectivity index (χ1) is 8.25. The molecule has 0 aromatic heterocycles. The lowest BCUT2D eigenvalue weighted by atomic mass is 10.2. The van der Waals surface area contributed by atoms with E-state index in [9.17, 15) is 17.6 Å². The maximum Gasteiger partial charge on any atom is 0.267 e. The zero-order chi connectivity index (χ0) is 13.6. The standard InChI is InChI=1S/C11H11BrFNO3S/c1-11(4-5-11)18(16,17)14-10(15)8-6-7(12)2-3-9(8)13/h2-3,6H,4-5H2,1H3,(H,14,15). The molecule has 1 aromatic rings. The Morgan fingerprint density at radius 2 is 2.06 bits per heavy atom. The average Bonchev–Trinajstić information content (AvgIpc) is 3.01. The van der Waals surface area contributed by atoms with Gasteiger partial charge < -0.3 is 0 Å². The number of sulfonamides is 1. The number of halogens is 2. The lowest BCUT2D eigenvalue weighted by molar-refractivity contribution is 0.0977. The molecule has 4 nitrogen and oxygen atoms in total. The summed E-state index contributed by atoms with van der Waals surface area (Å²) in [6.45, 7) is 1.56. The molecule has 1 aromatic carbocycles. The minimum Gasteiger partial charge on any atom is -0.268 e. The number of rotatable bonds is 3. The Bertz CT molecular complexity index is 611. The van der Waals surface area contributed by atoms with Crippen molar-refractivity contribution in [2.75, 3.05) is 0 Å². The zero-order valence-corrected chi connectivity index (χ0v) is 11.9. The van der Waals surface area contributed by atoms with Gasteiger partial charge in [-0.1, -0.05) is 15.9 Å². The summed E-state index contributed by atoms with van der Waals surface area (Å²) >= 11 is 3.10. The van der Waals surface area contributed by atoms with Crippen molar-refractivity contribution >= 4 is 31.9 Å². The van der Waals surface area contributed by atoms with Gasteiger partial charge in [0.15, 0.2) is 0 Å². The number of benzene rings is 1. The van der Waals surface area contributed by atoms with Crippen molar-refractivity contribution < 1.29 is 17.6 Å². The van der Waals surface area contributed by atoms with Gasteiger partial charge in [0, 0.05) is 4.47 Å². The van der Waals surface area contributed by atoms with Crippen molar-refractivity contribution in [1.82, 2.24) is 4.72 Å². The summed E-state index contributed by atoms with van der Waals surface area (Å²) in [7, 11) is -3.75. The third kappa shape index (κ3) is 2.42. The molecule has 1 amide bonds. The van der Waals surface area contributed by atoms with E-state index in [1.165, 1.54) is 12.1 Å². The summed E-state index contributed by atoms with van der Waals surface area (Å²) in [5.41, 5.74) is -0.294. The number of carbonyl (C=O) groups is 1. The minimum atomic E-state index is -3.75. The van der Waals surface area contributed by atoms with E-state index in [0.717, 1.165) is 6.07 Å². The predicted molar refractivity (Wildman–Crippen MR) is 68.1 cm³/mol. The van der Waals surface area contributed by atoms with Crippen molar-refractivity contribution in [3.05, 3.63) is 34.1 Å². The predicted octanol–water partition coefficient (Wildman–Crippen LogP) is 2.20. The zero-order valence-electron chi connectivity index (χ0n) is 9.54. The molecule has 0 radical (unpaired) electrons. The summed E-state index contributed by atoms with van der Waals surface area (Å²) < 4.78 is 38.6. The Kier molecular flexibility index (Phi) is 3.23. The molecule has 0 atom stereocenters. The summed E-state index contributed by atoms with van der Waals surface area (Å²) in [4.78, 5) is 11.8. The highest BCUT2D eigenvalue weighted by molar-refractivity contribution is 9.10. The van der Waals surface area contributed by atoms with E-state index in [2.05, 4.69) is 15.9 Å². The van der Waals surface area contributed by atoms with E-state index in [1.807, 2.05) is 4.72 Å². The monoisotopic (exact) mass is 335 g/mol. The maximum atomic E-state index is 13.4. The molecule has 0 saturated heterocycles. The van der Waals surface area contributed by atoms with Gasteiger partial charge >= 0.3 is 0 Å². The van der Waals surface area contributed by atoms with Crippen molar-refractivity contribution in [1.29, 1.82) is 0 Å². The third-order valence-electron chi connectivity index (χ3n) is 3.00. The van der Waals surface area contributed by atoms with Crippen LogP contribution in [-0.4, -0.2) is 19.1 Å². The number of nitrogens with one attached hydrogen (secondary N) is 1. The fraction of sp³-hybridized carbons (Fsp3) is 0.364. The van der Waals surface area contributed by atoms with Crippen LogP contribution in [0.2, 0.25) is 0 Å². The first-order valence-electron chi connectivity index (χ1n) is 5.27. The maximum absolute atomic E-state index is 13.4. The third-order valence-corrected chi connectivity index (χ3v) is 5.66. The molecular formula is C11H11BrFNO3S. The normalized spacial score (nSPS) is 17.3. The van der Waals surface area contributed by atoms with Gasteiger partial charge in [0.25, 0.3) is 5.91 Å². The Morgan fingerprint density at radius 1 is 1.44 bits per heavy atom. The van der Waals surface area contributed by atoms with Gasteiger partial charge in [-0.2, -0.15) is 0 Å². The van der Waals surface area contributed by atoms with Crippen molar-refractivity contribution in [2.45, 2.75) is 24.5 Å². The van der Waals surface area contributed by atoms with Gasteiger partial charge in [-0.05, 0) is 38.0 Å². The van der Waals surface area contributed by atoms with Crippen molar-refractivity contribution in [2.24, 2.45) is 0 Å². The summed E-state index contributed by atoms with van der Waals surface area (Å²) in [6.07, 6.45) is 1.02. The molecule has 0 spiro atoms. The summed E-state index contributed by atoms with van der Waals surface area (Å²) in [5, 5.41) is 0. The lowest BCUT2D eigenvalue weighted by Crippen LogP contribution is -2.38. The van der Waals surface area contributed by atoms with Crippen LogP contribution in [0.15, 0.2) is 22.7 Å². The molecule has 18 heavy (non-hydrogen) atoms. The number of carbonyl (C=O) groups excluding carboxylic acids is 1. The van der Waals surface area contributed by atoms with Gasteiger partial charge in [0.1, 0.15) is 5.82 Å². The smallest absolute Gasteiger partial charge is 0.267 e. The van der Waals surface area contributed by atoms with Crippen LogP contribution in [0.3, 0.4) is 0 Å². The van der Waals surface area contributed by atoms with E-state index in [-0.39, 0.29) is 5.56 Å². The van der Waals surface area contributed by atoms with E-state index in [0.29, 0.717) is 17.3 Å². The second kappa shape index (κ2) is 4.31. The Labute approximate surface area is 113 Å². The van der Waals surface area contributed by atoms with Crippen LogP contribution in [0.1, 0.15) is 30.1 Å². The van der Waals surface area contributed by atoms with Gasteiger partial charge in [-0.25, -0.2) is 17.5 Å². The quantitative estimate of drug-likeness (QED) is 0.920. The average molecular weight is 336 g/mol. The molecule has 1 saturated carbocycles. The first kappa shape index (κ1) is 13.5. The first-order valence-corrected chi connectivity index (χ1v) is 7.54. The molecule has 0 aliphatic heterocycles. The molecule has 1 aliphatic carbocycles. The van der Waals surface area contributed by atoms with E-state index in [4.69, 9.17) is 0 Å². The van der Waals surface area contributed by atoms with Crippen LogP contribution in [-0.2, 0) is 10.0 Å². The van der Waals surface area contributed by atoms with Crippen molar-refractivity contribution in [3.63, 3.8) is 0 Å². The molecule has 0 heterocycles. The Morgan fingerprint density at radius 3 is 2.61 bits per heavy atom. The molecule has 0 unspecified atom stereocenters. The van der Waals surface area contributed by atoms with Gasteiger partial charge in [0.2, 0.25) is 10.0 Å². The number of hydrogen-bond acceptors (Lipinski definition) is 3. The van der Waals surface area contributed by atoms with Crippen LogP contribution >= 0.6 is 15.9 Å². The molecule has 98 valence electrons. The molecule has 0 bridgehead atoms. The Balaban J connectivity index is 2.25. The van der Waals surface area contributed by atoms with Crippen molar-refractivity contribution in [3.8, 4) is 0 Å². The highest BCUT2D eigenvalue weighted by Gasteiger charge is 2.50. The van der Waals surface area contributed by atoms with E-state index < -0.39 is 26.5 Å². The van der Waals surface area contributed by atoms with E-state index in [1.54, 1.807) is 6.92 Å². The minimum absolute atomic E-state index is 0.294. The lowest BCUT2D eigenvalue weighted by Gasteiger charge is -2.12. The van der Waals surface area contributed by atoms with Crippen LogP contribution in [0, 0.1) is 5.82 Å². The molecule has 1 aliphatic rings. The molecule has 1 fully saturated rings. The van der Waals surface area contributed by atoms with Crippen LogP contribution in [0.25, 0.3) is 0 Å². The van der Waals surface area contributed by atoms with Gasteiger partial charge in [0.05, 0.1) is 10.3 Å². The second-order valence-corrected chi connectivity index (χ2v) is 7.62. The molecular weight excluding hydrogens is 325 g/mol. The highest BCUT2D eigenvalue weighted by atomic mass is 79.9. The second-order valence-electron chi connectivity index (χ2n) is 4.51. The molecule has 1 N–H and O–H groups in total. The number of hydrogen-bond donors (Lipinski definition) is 1. The van der Waals surface area contributed by atoms with Crippen LogP contribution in [0.5, 0.6) is 0 Å². The fourth-order valence-corrected chi connectivity index (χ4v) is 3.02. The molecule has 2 rings (SSSR count). The summed E-state index contributed by atoms with van der Waals surface area (Å²) in [5.74, 6) is -1.70. The number of amides is 1. The fourth-order valence-electron chi connectivity index (χ4n) is 1.42. The summed E-state index contributed by atoms with van der Waals surface area (Å²) in [6, 6.07) is 3.78. The van der Waals surface area contributed by atoms with Gasteiger partial charge in [-0.3, -0.25) is 4.79 Å². The Hall–Kier alpha value is -0.950. The topological polar surface area (TPSA) is 63.2 Å². The SMILES string of the molecule is CC1(S(=O)(=O)NC(=O)c2cc(Br)ccc2F)CC1. The van der Waals surface area contributed by atoms with E-state index >= 15 is 0 Å². The van der Waals surface area contributed by atoms with Gasteiger partial charge in [-0.15, -0.1) is 0 Å². The van der Waals surface area contributed by atoms with Crippen LogP contribution < -0.4 is 4.72 Å². The van der Waals surface area contributed by atoms with Crippen LogP contribution in [0.4, 0.5) is 4.39 Å².